The van der Waals surface area contributed by atoms with Crippen molar-refractivity contribution in [1.29, 1.82) is 0 Å². The molecule has 1 aromatic carbocycles. The molecule has 0 radical (unpaired) electrons. The van der Waals surface area contributed by atoms with Crippen molar-refractivity contribution in [3.05, 3.63) is 59.4 Å². The lowest BCUT2D eigenvalue weighted by atomic mass is 10.0. The van der Waals surface area contributed by atoms with Gasteiger partial charge in [0.15, 0.2) is 0 Å². The number of methoxy groups -OCH3 is 1. The van der Waals surface area contributed by atoms with Crippen LogP contribution in [0.4, 0.5) is 0 Å². The Morgan fingerprint density at radius 2 is 2.00 bits per heavy atom. The molecule has 0 saturated carbocycles. The minimum Gasteiger partial charge on any atom is -0.497 e. The third-order valence-corrected chi connectivity index (χ3v) is 3.04. The van der Waals surface area contributed by atoms with Crippen LogP contribution in [0.25, 0.3) is 0 Å². The van der Waals surface area contributed by atoms with E-state index in [4.69, 9.17) is 4.74 Å². The van der Waals surface area contributed by atoms with Crippen LogP contribution >= 0.6 is 0 Å². The smallest absolute Gasteiger partial charge is 0.119 e. The molecule has 3 heteroatoms. The van der Waals surface area contributed by atoms with Crippen LogP contribution in [0.15, 0.2) is 42.5 Å². The summed E-state index contributed by atoms with van der Waals surface area (Å²) in [5, 5.41) is 3.48. The van der Waals surface area contributed by atoms with Gasteiger partial charge in [-0.05, 0) is 43.3 Å². The predicted molar refractivity (Wildman–Crippen MR) is 77.5 cm³/mol. The van der Waals surface area contributed by atoms with Crippen molar-refractivity contribution in [2.75, 3.05) is 13.7 Å². The number of rotatable bonds is 5. The zero-order valence-corrected chi connectivity index (χ0v) is 11.7. The highest BCUT2D eigenvalue weighted by atomic mass is 16.5. The molecule has 0 spiro atoms. The summed E-state index contributed by atoms with van der Waals surface area (Å²) in [4.78, 5) is 4.62. The number of nitrogens with zero attached hydrogens (tertiary/aromatic N) is 1. The Labute approximate surface area is 114 Å². The van der Waals surface area contributed by atoms with Crippen molar-refractivity contribution in [2.24, 2.45) is 0 Å². The molecule has 100 valence electrons. The van der Waals surface area contributed by atoms with Crippen molar-refractivity contribution in [3.63, 3.8) is 0 Å². The SMILES string of the molecule is CCNC(c1cccc(OC)c1)c1cccc(C)n1. The van der Waals surface area contributed by atoms with Gasteiger partial charge in [0.1, 0.15) is 5.75 Å². The zero-order chi connectivity index (χ0) is 13.7. The van der Waals surface area contributed by atoms with Crippen molar-refractivity contribution in [3.8, 4) is 5.75 Å². The molecule has 1 heterocycles. The molecule has 2 aromatic rings. The summed E-state index contributed by atoms with van der Waals surface area (Å²) in [5.74, 6) is 0.869. The van der Waals surface area contributed by atoms with Crippen LogP contribution in [0.5, 0.6) is 5.75 Å². The van der Waals surface area contributed by atoms with Gasteiger partial charge in [-0.2, -0.15) is 0 Å². The Hall–Kier alpha value is -1.87. The molecule has 0 bridgehead atoms. The Morgan fingerprint density at radius 3 is 2.68 bits per heavy atom. The molecule has 1 aromatic heterocycles. The first-order chi connectivity index (χ1) is 9.24. The van der Waals surface area contributed by atoms with E-state index in [9.17, 15) is 0 Å². The molecule has 0 aliphatic heterocycles. The minimum atomic E-state index is 0.0972. The summed E-state index contributed by atoms with van der Waals surface area (Å²) in [5.41, 5.74) is 3.23. The van der Waals surface area contributed by atoms with E-state index in [1.807, 2.05) is 31.2 Å². The van der Waals surface area contributed by atoms with Crippen LogP contribution in [0.2, 0.25) is 0 Å². The van der Waals surface area contributed by atoms with E-state index in [0.717, 1.165) is 23.7 Å². The molecular formula is C16H20N2O. The third kappa shape index (κ3) is 3.32. The minimum absolute atomic E-state index is 0.0972. The summed E-state index contributed by atoms with van der Waals surface area (Å²) in [6, 6.07) is 14.3. The first kappa shape index (κ1) is 13.6. The topological polar surface area (TPSA) is 34.1 Å². The lowest BCUT2D eigenvalue weighted by Gasteiger charge is -2.19. The molecule has 0 aliphatic rings. The van der Waals surface area contributed by atoms with E-state index in [0.29, 0.717) is 0 Å². The van der Waals surface area contributed by atoms with E-state index in [-0.39, 0.29) is 6.04 Å². The maximum absolute atomic E-state index is 5.29. The Balaban J connectivity index is 2.38. The van der Waals surface area contributed by atoms with Crippen LogP contribution in [-0.4, -0.2) is 18.6 Å². The average Bonchev–Trinajstić information content (AvgIpc) is 2.45. The largest absolute Gasteiger partial charge is 0.497 e. The maximum atomic E-state index is 5.29. The molecular weight excluding hydrogens is 236 g/mol. The number of aryl methyl sites for hydroxylation is 1. The van der Waals surface area contributed by atoms with Crippen molar-refractivity contribution < 1.29 is 4.74 Å². The highest BCUT2D eigenvalue weighted by Gasteiger charge is 2.14. The van der Waals surface area contributed by atoms with Gasteiger partial charge in [-0.15, -0.1) is 0 Å². The lowest BCUT2D eigenvalue weighted by Crippen LogP contribution is -2.23. The second-order valence-corrected chi connectivity index (χ2v) is 4.47. The molecule has 0 saturated heterocycles. The molecule has 19 heavy (non-hydrogen) atoms. The highest BCUT2D eigenvalue weighted by Crippen LogP contribution is 2.24. The molecule has 3 nitrogen and oxygen atoms in total. The summed E-state index contributed by atoms with van der Waals surface area (Å²) in [6.45, 7) is 5.00. The molecule has 0 amide bonds. The maximum Gasteiger partial charge on any atom is 0.119 e. The van der Waals surface area contributed by atoms with Crippen molar-refractivity contribution >= 4 is 0 Å². The highest BCUT2D eigenvalue weighted by molar-refractivity contribution is 5.34. The first-order valence-electron chi connectivity index (χ1n) is 6.55. The van der Waals surface area contributed by atoms with Crippen LogP contribution < -0.4 is 10.1 Å². The number of ether oxygens (including phenoxy) is 1. The van der Waals surface area contributed by atoms with E-state index in [2.05, 4.69) is 35.4 Å². The predicted octanol–water partition coefficient (Wildman–Crippen LogP) is 3.10. The number of hydrogen-bond donors (Lipinski definition) is 1. The van der Waals surface area contributed by atoms with Gasteiger partial charge in [-0.1, -0.05) is 25.1 Å². The van der Waals surface area contributed by atoms with Gasteiger partial charge in [0.2, 0.25) is 0 Å². The van der Waals surface area contributed by atoms with Gasteiger partial charge in [-0.3, -0.25) is 4.98 Å². The second-order valence-electron chi connectivity index (χ2n) is 4.47. The number of nitrogens with one attached hydrogen (secondary N) is 1. The monoisotopic (exact) mass is 256 g/mol. The number of hydrogen-bond acceptors (Lipinski definition) is 3. The van der Waals surface area contributed by atoms with E-state index in [1.165, 1.54) is 5.56 Å². The standard InChI is InChI=1S/C16H20N2O/c1-4-17-16(15-10-5-7-12(2)18-15)13-8-6-9-14(11-13)19-3/h5-11,16-17H,4H2,1-3H3. The van der Waals surface area contributed by atoms with Gasteiger partial charge < -0.3 is 10.1 Å². The average molecular weight is 256 g/mol. The van der Waals surface area contributed by atoms with Crippen molar-refractivity contribution in [2.45, 2.75) is 19.9 Å². The van der Waals surface area contributed by atoms with Gasteiger partial charge >= 0.3 is 0 Å². The Morgan fingerprint density at radius 1 is 1.21 bits per heavy atom. The summed E-state index contributed by atoms with van der Waals surface area (Å²) < 4.78 is 5.29. The molecule has 0 fully saturated rings. The quantitative estimate of drug-likeness (QED) is 0.892. The van der Waals surface area contributed by atoms with Crippen LogP contribution in [0, 0.1) is 6.92 Å². The van der Waals surface area contributed by atoms with Gasteiger partial charge in [0.05, 0.1) is 18.8 Å². The zero-order valence-electron chi connectivity index (χ0n) is 11.7. The first-order valence-corrected chi connectivity index (χ1v) is 6.55. The summed E-state index contributed by atoms with van der Waals surface area (Å²) in [6.07, 6.45) is 0. The number of aromatic nitrogens is 1. The lowest BCUT2D eigenvalue weighted by molar-refractivity contribution is 0.413. The Bertz CT molecular complexity index is 540. The van der Waals surface area contributed by atoms with Crippen LogP contribution in [0.1, 0.15) is 29.9 Å². The third-order valence-electron chi connectivity index (χ3n) is 3.04. The summed E-state index contributed by atoms with van der Waals surface area (Å²) >= 11 is 0. The fourth-order valence-corrected chi connectivity index (χ4v) is 2.14. The van der Waals surface area contributed by atoms with E-state index in [1.54, 1.807) is 7.11 Å². The molecule has 0 aliphatic carbocycles. The van der Waals surface area contributed by atoms with E-state index < -0.39 is 0 Å². The van der Waals surface area contributed by atoms with Crippen molar-refractivity contribution in [1.82, 2.24) is 10.3 Å². The second kappa shape index (κ2) is 6.34. The molecule has 1 atom stereocenters. The molecule has 1 N–H and O–H groups in total. The fraction of sp³-hybridized carbons (Fsp3) is 0.312. The van der Waals surface area contributed by atoms with Crippen LogP contribution in [-0.2, 0) is 0 Å². The van der Waals surface area contributed by atoms with Gasteiger partial charge in [-0.25, -0.2) is 0 Å². The molecule has 2 rings (SSSR count). The van der Waals surface area contributed by atoms with Gasteiger partial charge in [0, 0.05) is 5.69 Å². The van der Waals surface area contributed by atoms with Crippen LogP contribution in [0.3, 0.4) is 0 Å². The fourth-order valence-electron chi connectivity index (χ4n) is 2.14. The van der Waals surface area contributed by atoms with Gasteiger partial charge in [0.25, 0.3) is 0 Å². The summed E-state index contributed by atoms with van der Waals surface area (Å²) in [7, 11) is 1.69. The Kier molecular flexibility index (Phi) is 4.53. The normalized spacial score (nSPS) is 12.2. The molecule has 1 unspecified atom stereocenters. The number of pyridine rings is 1. The van der Waals surface area contributed by atoms with E-state index >= 15 is 0 Å². The number of benzene rings is 1.